The SMILES string of the molecule is FC(F)c1c(Br)ccc(Br)c1C(F)(F)F. The Morgan fingerprint density at radius 1 is 1.00 bits per heavy atom. The molecule has 0 aromatic heterocycles. The van der Waals surface area contributed by atoms with Crippen molar-refractivity contribution in [2.45, 2.75) is 12.6 Å². The summed E-state index contributed by atoms with van der Waals surface area (Å²) in [5.74, 6) is 0. The fourth-order valence-electron chi connectivity index (χ4n) is 1.07. The van der Waals surface area contributed by atoms with E-state index in [0.29, 0.717) is 0 Å². The maximum Gasteiger partial charge on any atom is 0.418 e. The molecule has 0 bridgehead atoms. The first-order valence-corrected chi connectivity index (χ1v) is 5.17. The molecule has 1 aromatic rings. The van der Waals surface area contributed by atoms with Crippen LogP contribution in [0.15, 0.2) is 21.1 Å². The maximum atomic E-state index is 12.5. The summed E-state index contributed by atoms with van der Waals surface area (Å²) in [5.41, 5.74) is -2.39. The van der Waals surface area contributed by atoms with Gasteiger partial charge in [0.15, 0.2) is 0 Å². The van der Waals surface area contributed by atoms with Crippen molar-refractivity contribution in [2.75, 3.05) is 0 Å². The van der Waals surface area contributed by atoms with E-state index in [0.717, 1.165) is 12.1 Å². The summed E-state index contributed by atoms with van der Waals surface area (Å²) < 4.78 is 61.6. The molecule has 0 atom stereocenters. The zero-order chi connectivity index (χ0) is 11.8. The zero-order valence-electron chi connectivity index (χ0n) is 6.88. The Bertz CT molecular complexity index is 372. The van der Waals surface area contributed by atoms with Crippen LogP contribution in [0, 0.1) is 0 Å². The van der Waals surface area contributed by atoms with Gasteiger partial charge in [-0.1, -0.05) is 31.9 Å². The molecule has 0 N–H and O–H groups in total. The molecular weight excluding hydrogens is 351 g/mol. The smallest absolute Gasteiger partial charge is 0.205 e. The van der Waals surface area contributed by atoms with Crippen LogP contribution in [0.2, 0.25) is 0 Å². The molecule has 0 saturated carbocycles. The van der Waals surface area contributed by atoms with Gasteiger partial charge >= 0.3 is 6.18 Å². The third kappa shape index (κ3) is 2.69. The number of rotatable bonds is 1. The van der Waals surface area contributed by atoms with Gasteiger partial charge in [-0.05, 0) is 12.1 Å². The predicted molar refractivity (Wildman–Crippen MR) is 51.8 cm³/mol. The zero-order valence-corrected chi connectivity index (χ0v) is 10.0. The second kappa shape index (κ2) is 4.37. The Labute approximate surface area is 98.7 Å². The van der Waals surface area contributed by atoms with E-state index in [2.05, 4.69) is 31.9 Å². The number of hydrogen-bond donors (Lipinski definition) is 0. The van der Waals surface area contributed by atoms with E-state index in [1.807, 2.05) is 0 Å². The molecule has 0 aliphatic rings. The third-order valence-corrected chi connectivity index (χ3v) is 3.00. The molecule has 1 rings (SSSR count). The first kappa shape index (κ1) is 12.9. The monoisotopic (exact) mass is 352 g/mol. The summed E-state index contributed by atoms with van der Waals surface area (Å²) in [4.78, 5) is 0. The Morgan fingerprint density at radius 2 is 1.47 bits per heavy atom. The van der Waals surface area contributed by atoms with E-state index in [4.69, 9.17) is 0 Å². The number of hydrogen-bond acceptors (Lipinski definition) is 0. The van der Waals surface area contributed by atoms with Crippen LogP contribution >= 0.6 is 31.9 Å². The highest BCUT2D eigenvalue weighted by Crippen LogP contribution is 2.43. The molecule has 0 aliphatic heterocycles. The fourth-order valence-corrected chi connectivity index (χ4v) is 2.14. The van der Waals surface area contributed by atoms with Crippen molar-refractivity contribution in [1.29, 1.82) is 0 Å². The van der Waals surface area contributed by atoms with Gasteiger partial charge in [0, 0.05) is 14.5 Å². The normalized spacial score (nSPS) is 12.3. The van der Waals surface area contributed by atoms with Crippen molar-refractivity contribution in [2.24, 2.45) is 0 Å². The summed E-state index contributed by atoms with van der Waals surface area (Å²) in [6.45, 7) is 0. The molecule has 1 aromatic carbocycles. The van der Waals surface area contributed by atoms with Gasteiger partial charge in [0.05, 0.1) is 5.56 Å². The van der Waals surface area contributed by atoms with Crippen LogP contribution in [0.25, 0.3) is 0 Å². The third-order valence-electron chi connectivity index (χ3n) is 1.64. The fraction of sp³-hybridized carbons (Fsp3) is 0.250. The highest BCUT2D eigenvalue weighted by atomic mass is 79.9. The molecular formula is C8H3Br2F5. The first-order chi connectivity index (χ1) is 6.75. The van der Waals surface area contributed by atoms with Crippen LogP contribution in [-0.2, 0) is 6.18 Å². The molecule has 0 saturated heterocycles. The van der Waals surface area contributed by atoms with Crippen molar-refractivity contribution in [3.05, 3.63) is 32.2 Å². The minimum atomic E-state index is -4.81. The summed E-state index contributed by atoms with van der Waals surface area (Å²) in [7, 11) is 0. The van der Waals surface area contributed by atoms with Crippen molar-refractivity contribution >= 4 is 31.9 Å². The van der Waals surface area contributed by atoms with Gasteiger partial charge in [0.25, 0.3) is 6.43 Å². The lowest BCUT2D eigenvalue weighted by Gasteiger charge is -2.15. The van der Waals surface area contributed by atoms with Gasteiger partial charge in [-0.15, -0.1) is 0 Å². The minimum Gasteiger partial charge on any atom is -0.205 e. The Hall–Kier alpha value is -0.170. The maximum absolute atomic E-state index is 12.5. The summed E-state index contributed by atoms with van der Waals surface area (Å²) in [6.07, 6.45) is -8.00. The molecule has 0 radical (unpaired) electrons. The van der Waals surface area contributed by atoms with E-state index >= 15 is 0 Å². The lowest BCUT2D eigenvalue weighted by atomic mass is 10.1. The second-order valence-corrected chi connectivity index (χ2v) is 4.33. The molecule has 7 heteroatoms. The van der Waals surface area contributed by atoms with Crippen LogP contribution < -0.4 is 0 Å². The minimum absolute atomic E-state index is 0.256. The Balaban J connectivity index is 3.53. The van der Waals surface area contributed by atoms with Crippen molar-refractivity contribution in [3.8, 4) is 0 Å². The van der Waals surface area contributed by atoms with E-state index in [1.54, 1.807) is 0 Å². The van der Waals surface area contributed by atoms with Gasteiger partial charge in [-0.3, -0.25) is 0 Å². The van der Waals surface area contributed by atoms with E-state index in [1.165, 1.54) is 0 Å². The van der Waals surface area contributed by atoms with Crippen LogP contribution in [0.1, 0.15) is 17.6 Å². The lowest BCUT2D eigenvalue weighted by Crippen LogP contribution is -2.11. The van der Waals surface area contributed by atoms with Gasteiger partial charge in [-0.25, -0.2) is 8.78 Å². The van der Waals surface area contributed by atoms with Gasteiger partial charge in [0.2, 0.25) is 0 Å². The van der Waals surface area contributed by atoms with Gasteiger partial charge in [-0.2, -0.15) is 13.2 Å². The average molecular weight is 354 g/mol. The van der Waals surface area contributed by atoms with Crippen molar-refractivity contribution < 1.29 is 22.0 Å². The second-order valence-electron chi connectivity index (χ2n) is 2.62. The summed E-state index contributed by atoms with van der Waals surface area (Å²) in [5, 5.41) is 0. The Morgan fingerprint density at radius 3 is 1.80 bits per heavy atom. The number of halogens is 7. The standard InChI is InChI=1S/C8H3Br2F5/c9-3-1-2-4(10)6(8(13,14)15)5(3)7(11)12/h1-2,7H. The van der Waals surface area contributed by atoms with E-state index in [9.17, 15) is 22.0 Å². The largest absolute Gasteiger partial charge is 0.418 e. The van der Waals surface area contributed by atoms with E-state index < -0.39 is 28.2 Å². The number of benzene rings is 1. The van der Waals surface area contributed by atoms with Crippen molar-refractivity contribution in [1.82, 2.24) is 0 Å². The average Bonchev–Trinajstić information content (AvgIpc) is 2.05. The van der Waals surface area contributed by atoms with Crippen LogP contribution in [-0.4, -0.2) is 0 Å². The molecule has 15 heavy (non-hydrogen) atoms. The highest BCUT2D eigenvalue weighted by molar-refractivity contribution is 9.11. The van der Waals surface area contributed by atoms with Crippen LogP contribution in [0.4, 0.5) is 22.0 Å². The molecule has 0 amide bonds. The summed E-state index contributed by atoms with van der Waals surface area (Å²) in [6, 6.07) is 2.21. The van der Waals surface area contributed by atoms with E-state index in [-0.39, 0.29) is 4.47 Å². The molecule has 84 valence electrons. The van der Waals surface area contributed by atoms with Gasteiger partial charge < -0.3 is 0 Å². The quantitative estimate of drug-likeness (QED) is 0.611. The molecule has 0 unspecified atom stereocenters. The Kier molecular flexibility index (Phi) is 3.76. The first-order valence-electron chi connectivity index (χ1n) is 3.58. The highest BCUT2D eigenvalue weighted by Gasteiger charge is 2.38. The molecule has 0 fully saturated rings. The van der Waals surface area contributed by atoms with Crippen molar-refractivity contribution in [3.63, 3.8) is 0 Å². The molecule has 0 nitrogen and oxygen atoms in total. The molecule has 0 aliphatic carbocycles. The van der Waals surface area contributed by atoms with Gasteiger partial charge in [0.1, 0.15) is 0 Å². The number of alkyl halides is 5. The summed E-state index contributed by atoms with van der Waals surface area (Å²) >= 11 is 5.28. The van der Waals surface area contributed by atoms with Crippen LogP contribution in [0.5, 0.6) is 0 Å². The molecule has 0 spiro atoms. The topological polar surface area (TPSA) is 0 Å². The predicted octanol–water partition coefficient (Wildman–Crippen LogP) is 5.17. The van der Waals surface area contributed by atoms with Crippen LogP contribution in [0.3, 0.4) is 0 Å². The lowest BCUT2D eigenvalue weighted by molar-refractivity contribution is -0.140. The molecule has 0 heterocycles.